The van der Waals surface area contributed by atoms with Gasteiger partial charge in [0.25, 0.3) is 0 Å². The van der Waals surface area contributed by atoms with Gasteiger partial charge in [-0.15, -0.1) is 0 Å². The number of ether oxygens (including phenoxy) is 6. The largest absolute Gasteiger partial charge is 0.504 e. The van der Waals surface area contributed by atoms with E-state index in [-0.39, 0.29) is 0 Å². The average Bonchev–Trinajstić information content (AvgIpc) is 3.29. The molecule has 0 radical (unpaired) electrons. The first kappa shape index (κ1) is 45.0. The highest BCUT2D eigenvalue weighted by atomic mass is 16.7. The van der Waals surface area contributed by atoms with E-state index in [1.54, 1.807) is 0 Å². The van der Waals surface area contributed by atoms with E-state index in [0.29, 0.717) is 30.3 Å². The fourth-order valence-electron chi connectivity index (χ4n) is 7.55. The van der Waals surface area contributed by atoms with Crippen molar-refractivity contribution in [3.63, 3.8) is 0 Å². The van der Waals surface area contributed by atoms with Gasteiger partial charge < -0.3 is 110 Å². The Morgan fingerprint density at radius 2 is 0.838 bits per heavy atom. The van der Waals surface area contributed by atoms with Gasteiger partial charge in [0.05, 0.1) is 22.3 Å². The van der Waals surface area contributed by atoms with E-state index in [1.807, 2.05) is 0 Å². The number of hydrogen-bond acceptors (Lipinski definition) is 26. The number of aromatic carboxylic acids is 1. The number of aromatic hydroxyl groups is 14. The summed E-state index contributed by atoms with van der Waals surface area (Å²) in [5, 5.41) is 170. The molecule has 0 saturated carbocycles. The van der Waals surface area contributed by atoms with Gasteiger partial charge in [0.15, 0.2) is 82.1 Å². The van der Waals surface area contributed by atoms with Crippen LogP contribution in [0.25, 0.3) is 22.3 Å². The highest BCUT2D eigenvalue weighted by Crippen LogP contribution is 2.57. The van der Waals surface area contributed by atoms with Gasteiger partial charge in [0.2, 0.25) is 34.5 Å². The molecule has 0 aliphatic carbocycles. The molecular weight excluding hydrogens is 924 g/mol. The van der Waals surface area contributed by atoms with Gasteiger partial charge in [0, 0.05) is 28.3 Å². The van der Waals surface area contributed by atoms with E-state index >= 15 is 0 Å². The number of aliphatic hydroxyl groups excluding tert-OH is 1. The molecule has 0 bridgehead atoms. The Balaban J connectivity index is 1.31. The van der Waals surface area contributed by atoms with Crippen LogP contribution >= 0.6 is 0 Å². The summed E-state index contributed by atoms with van der Waals surface area (Å²) in [5.74, 6) is -30.8. The van der Waals surface area contributed by atoms with Crippen molar-refractivity contribution >= 4 is 29.8 Å². The zero-order chi connectivity index (χ0) is 49.7. The number of esters is 4. The lowest BCUT2D eigenvalue weighted by atomic mass is 9.91. The second-order valence-corrected chi connectivity index (χ2v) is 14.7. The Morgan fingerprint density at radius 1 is 0.456 bits per heavy atom. The average molecular weight is 953 g/mol. The first-order chi connectivity index (χ1) is 31.9. The standard InChI is InChI=1S/C41H28O27/c42-12-1-8-18(26(51)22(12)47)19-9(2-13(43)23(48)27(19)52)40(61)68-35-34(67-39(8)60)33-17(64-41(35)62)6-63-37(58)7-4-16(46)32(65-31-11(36(56)57)5-15(45)25(50)30(31)55)29(54)21(7)20-10(38(59)66-33)3-14(44)24(49)28(20)53/h1-5,17,33-35,41-55,62H,6H2,(H,56,57)/t17-,33-,34+,35-,41+/m1/s1. The van der Waals surface area contributed by atoms with Crippen molar-refractivity contribution in [1.82, 2.24) is 0 Å². The van der Waals surface area contributed by atoms with Gasteiger partial charge in [0.1, 0.15) is 18.3 Å². The van der Waals surface area contributed by atoms with Crippen LogP contribution in [-0.2, 0) is 23.7 Å². The molecule has 1 saturated heterocycles. The maximum atomic E-state index is 14.5. The van der Waals surface area contributed by atoms with Crippen LogP contribution in [0.5, 0.6) is 92.0 Å². The van der Waals surface area contributed by atoms with Crippen molar-refractivity contribution in [2.24, 2.45) is 0 Å². The quantitative estimate of drug-likeness (QED) is 0.0693. The molecule has 3 aliphatic heterocycles. The zero-order valence-corrected chi connectivity index (χ0v) is 33.1. The van der Waals surface area contributed by atoms with E-state index in [1.165, 1.54) is 0 Å². The maximum absolute atomic E-state index is 14.5. The molecule has 354 valence electrons. The Labute approximate surface area is 373 Å². The molecule has 0 unspecified atom stereocenters. The number of carbonyl (C=O) groups is 5. The predicted molar refractivity (Wildman–Crippen MR) is 209 cm³/mol. The number of carbonyl (C=O) groups excluding carboxylic acids is 4. The molecule has 5 aromatic carbocycles. The Morgan fingerprint density at radius 3 is 1.31 bits per heavy atom. The van der Waals surface area contributed by atoms with Gasteiger partial charge >= 0.3 is 29.8 Å². The molecule has 0 spiro atoms. The van der Waals surface area contributed by atoms with Crippen LogP contribution in [0, 0.1) is 0 Å². The normalized spacial score (nSPS) is 19.9. The van der Waals surface area contributed by atoms with Crippen LogP contribution in [0.4, 0.5) is 0 Å². The fraction of sp³-hybridized carbons (Fsp3) is 0.146. The minimum atomic E-state index is -2.51. The first-order valence-corrected chi connectivity index (χ1v) is 18.7. The lowest BCUT2D eigenvalue weighted by Crippen LogP contribution is -2.62. The van der Waals surface area contributed by atoms with Crippen molar-refractivity contribution < 1.29 is 134 Å². The van der Waals surface area contributed by atoms with Gasteiger partial charge in [-0.05, 0) is 24.3 Å². The second kappa shape index (κ2) is 15.8. The molecule has 1 fully saturated rings. The number of fused-ring (bicyclic) bond motifs is 9. The van der Waals surface area contributed by atoms with Gasteiger partial charge in [-0.1, -0.05) is 0 Å². The van der Waals surface area contributed by atoms with Crippen LogP contribution in [0.1, 0.15) is 51.8 Å². The van der Waals surface area contributed by atoms with E-state index in [0.717, 1.165) is 0 Å². The van der Waals surface area contributed by atoms with E-state index in [9.17, 15) is 106 Å². The number of aliphatic hydroxyl groups is 1. The van der Waals surface area contributed by atoms with Gasteiger partial charge in [-0.2, -0.15) is 0 Å². The third kappa shape index (κ3) is 6.80. The number of carboxylic acids is 1. The molecule has 16 N–H and O–H groups in total. The van der Waals surface area contributed by atoms with Crippen molar-refractivity contribution in [2.75, 3.05) is 6.61 Å². The lowest BCUT2D eigenvalue weighted by Gasteiger charge is -2.43. The molecule has 0 aromatic heterocycles. The van der Waals surface area contributed by atoms with Crippen LogP contribution in [0.3, 0.4) is 0 Å². The van der Waals surface area contributed by atoms with Crippen LogP contribution in [0.2, 0.25) is 0 Å². The summed E-state index contributed by atoms with van der Waals surface area (Å²) in [7, 11) is 0. The summed E-state index contributed by atoms with van der Waals surface area (Å²) in [4.78, 5) is 68.6. The third-order valence-electron chi connectivity index (χ3n) is 10.7. The number of benzene rings is 5. The van der Waals surface area contributed by atoms with E-state index in [4.69, 9.17) is 28.4 Å². The maximum Gasteiger partial charge on any atom is 0.339 e. The Kier molecular flexibility index (Phi) is 10.5. The molecule has 5 aromatic rings. The lowest BCUT2D eigenvalue weighted by molar-refractivity contribution is -0.284. The predicted octanol–water partition coefficient (Wildman–Crippen LogP) is 1.57. The molecule has 3 aliphatic rings. The van der Waals surface area contributed by atoms with Crippen molar-refractivity contribution in [3.05, 3.63) is 58.1 Å². The highest BCUT2D eigenvalue weighted by molar-refractivity contribution is 6.10. The SMILES string of the molecule is O=C(O)c1cc(O)c(O)c(O)c1Oc1c(O)cc2c(c1O)-c1c(cc(O)c(O)c1O)C(=O)O[C@H]1[C@@H]3OC(=O)c4cc(O)c(O)c(O)c4-c4c(cc(O)c(O)c4O)C(=O)O[C@H]3[C@@H](O)O[C@@H]1COC2=O. The Hall–Kier alpha value is -9.63. The van der Waals surface area contributed by atoms with Crippen LogP contribution < -0.4 is 4.74 Å². The monoisotopic (exact) mass is 952 g/mol. The molecule has 27 nitrogen and oxygen atoms in total. The van der Waals surface area contributed by atoms with Crippen LogP contribution in [-0.4, -0.2) is 149 Å². The summed E-state index contributed by atoms with van der Waals surface area (Å²) >= 11 is 0. The van der Waals surface area contributed by atoms with Crippen molar-refractivity contribution in [3.8, 4) is 114 Å². The minimum absolute atomic E-state index is 0.364. The van der Waals surface area contributed by atoms with Crippen molar-refractivity contribution in [2.45, 2.75) is 30.7 Å². The number of hydrogen-bond donors (Lipinski definition) is 16. The molecule has 68 heavy (non-hydrogen) atoms. The van der Waals surface area contributed by atoms with Gasteiger partial charge in [-0.25, -0.2) is 24.0 Å². The summed E-state index contributed by atoms with van der Waals surface area (Å²) in [6.07, 6.45) is -11.7. The number of cyclic esters (lactones) is 1. The number of phenolic OH excluding ortho intramolecular Hbond substituents is 14. The summed E-state index contributed by atoms with van der Waals surface area (Å²) in [6, 6.07) is 2.02. The minimum Gasteiger partial charge on any atom is -0.504 e. The third-order valence-corrected chi connectivity index (χ3v) is 10.7. The highest BCUT2D eigenvalue weighted by Gasteiger charge is 2.54. The second-order valence-electron chi connectivity index (χ2n) is 14.7. The first-order valence-electron chi connectivity index (χ1n) is 18.7. The molecular formula is C41H28O27. The fourth-order valence-corrected chi connectivity index (χ4v) is 7.55. The smallest absolute Gasteiger partial charge is 0.339 e. The topological polar surface area (TPSA) is 464 Å². The number of carboxylic acid groups (broad SMARTS) is 1. The summed E-state index contributed by atoms with van der Waals surface area (Å²) in [5.41, 5.74) is -9.87. The van der Waals surface area contributed by atoms with E-state index in [2.05, 4.69) is 0 Å². The van der Waals surface area contributed by atoms with E-state index < -0.39 is 209 Å². The molecule has 8 rings (SSSR count). The zero-order valence-electron chi connectivity index (χ0n) is 33.1. The number of rotatable bonds is 3. The summed E-state index contributed by atoms with van der Waals surface area (Å²) < 4.78 is 32.7. The molecule has 27 heteroatoms. The molecule has 3 heterocycles. The van der Waals surface area contributed by atoms with Crippen LogP contribution in [0.15, 0.2) is 30.3 Å². The Bertz CT molecular complexity index is 3100. The molecule has 5 atom stereocenters. The van der Waals surface area contributed by atoms with Gasteiger partial charge in [-0.3, -0.25) is 0 Å². The van der Waals surface area contributed by atoms with Crippen molar-refractivity contribution in [1.29, 1.82) is 0 Å². The summed E-state index contributed by atoms with van der Waals surface area (Å²) in [6.45, 7) is -1.22. The number of phenols is 14. The molecule has 0 amide bonds.